The van der Waals surface area contributed by atoms with Gasteiger partial charge in [-0.25, -0.2) is 0 Å². The van der Waals surface area contributed by atoms with Crippen LogP contribution in [0.15, 0.2) is 0 Å². The van der Waals surface area contributed by atoms with Crippen molar-refractivity contribution in [2.24, 2.45) is 17.8 Å². The van der Waals surface area contributed by atoms with E-state index >= 15 is 0 Å². The highest BCUT2D eigenvalue weighted by Crippen LogP contribution is 2.38. The Morgan fingerprint density at radius 3 is 2.20 bits per heavy atom. The van der Waals surface area contributed by atoms with E-state index in [1.807, 2.05) is 0 Å². The summed E-state index contributed by atoms with van der Waals surface area (Å²) in [6, 6.07) is 2.43. The molecule has 54 valence electrons. The summed E-state index contributed by atoms with van der Waals surface area (Å²) in [6.07, 6.45) is 2.55. The topological polar surface area (TPSA) is 35.8 Å². The maximum Gasteiger partial charge on any atom is 0.0662 e. The second kappa shape index (κ2) is 2.25. The van der Waals surface area contributed by atoms with Crippen molar-refractivity contribution in [3.63, 3.8) is 0 Å². The predicted molar refractivity (Wildman–Crippen MR) is 38.2 cm³/mol. The van der Waals surface area contributed by atoms with E-state index in [2.05, 4.69) is 11.4 Å². The molecule has 2 rings (SSSR count). The van der Waals surface area contributed by atoms with E-state index in [0.717, 1.165) is 13.1 Å². The summed E-state index contributed by atoms with van der Waals surface area (Å²) >= 11 is 0. The third kappa shape index (κ3) is 0.741. The Hall–Kier alpha value is -0.550. The van der Waals surface area contributed by atoms with Crippen molar-refractivity contribution in [1.82, 2.24) is 5.32 Å². The van der Waals surface area contributed by atoms with Gasteiger partial charge in [0.2, 0.25) is 0 Å². The molecule has 2 atom stereocenters. The van der Waals surface area contributed by atoms with E-state index in [-0.39, 0.29) is 0 Å². The third-order valence-electron chi connectivity index (χ3n) is 2.89. The minimum atomic E-state index is 0.376. The van der Waals surface area contributed by atoms with Gasteiger partial charge in [-0.05, 0) is 37.8 Å². The zero-order chi connectivity index (χ0) is 6.97. The Morgan fingerprint density at radius 1 is 1.20 bits per heavy atom. The lowest BCUT2D eigenvalue weighted by Gasteiger charge is -2.24. The molecule has 1 heterocycles. The average molecular weight is 136 g/mol. The highest BCUT2D eigenvalue weighted by Gasteiger charge is 2.38. The van der Waals surface area contributed by atoms with E-state index in [4.69, 9.17) is 5.26 Å². The molecule has 10 heavy (non-hydrogen) atoms. The predicted octanol–water partition coefficient (Wildman–Crippen LogP) is 0.756. The van der Waals surface area contributed by atoms with E-state index in [1.165, 1.54) is 12.8 Å². The molecule has 2 bridgehead atoms. The number of hydrogen-bond acceptors (Lipinski definition) is 2. The maximum atomic E-state index is 8.79. The van der Waals surface area contributed by atoms with Gasteiger partial charge in [-0.3, -0.25) is 0 Å². The standard InChI is InChI=1S/C8H12N2/c9-3-8-6-1-2-7(8)5-10-4-6/h6-8,10H,1-2,4-5H2. The molecule has 2 fully saturated rings. The van der Waals surface area contributed by atoms with Crippen LogP contribution in [0.1, 0.15) is 12.8 Å². The Kier molecular flexibility index (Phi) is 1.39. The monoisotopic (exact) mass is 136 g/mol. The fourth-order valence-corrected chi connectivity index (χ4v) is 2.30. The SMILES string of the molecule is N#CC1C2CCC1CNC2. The summed E-state index contributed by atoms with van der Waals surface area (Å²) in [6.45, 7) is 2.16. The number of nitrogens with one attached hydrogen (secondary N) is 1. The molecule has 1 saturated heterocycles. The van der Waals surface area contributed by atoms with Crippen molar-refractivity contribution < 1.29 is 0 Å². The first kappa shape index (κ1) is 6.18. The van der Waals surface area contributed by atoms with Crippen LogP contribution >= 0.6 is 0 Å². The quantitative estimate of drug-likeness (QED) is 0.533. The van der Waals surface area contributed by atoms with Gasteiger partial charge in [-0.2, -0.15) is 5.26 Å². The number of hydrogen-bond donors (Lipinski definition) is 1. The molecule has 2 unspecified atom stereocenters. The summed E-state index contributed by atoms with van der Waals surface area (Å²) in [5.41, 5.74) is 0. The Bertz CT molecular complexity index is 155. The largest absolute Gasteiger partial charge is 0.316 e. The summed E-state index contributed by atoms with van der Waals surface area (Å²) in [7, 11) is 0. The molecule has 0 amide bonds. The van der Waals surface area contributed by atoms with Crippen LogP contribution in [0.3, 0.4) is 0 Å². The Morgan fingerprint density at radius 2 is 1.80 bits per heavy atom. The molecule has 0 aromatic rings. The summed E-state index contributed by atoms with van der Waals surface area (Å²) in [4.78, 5) is 0. The van der Waals surface area contributed by atoms with E-state index in [9.17, 15) is 0 Å². The van der Waals surface area contributed by atoms with Gasteiger partial charge in [0.05, 0.1) is 12.0 Å². The first-order valence-corrected chi connectivity index (χ1v) is 4.02. The van der Waals surface area contributed by atoms with Gasteiger partial charge in [-0.1, -0.05) is 0 Å². The summed E-state index contributed by atoms with van der Waals surface area (Å²) in [5.74, 6) is 1.72. The minimum absolute atomic E-state index is 0.376. The van der Waals surface area contributed by atoms with Gasteiger partial charge in [0.15, 0.2) is 0 Å². The molecule has 1 N–H and O–H groups in total. The highest BCUT2D eigenvalue weighted by atomic mass is 14.9. The van der Waals surface area contributed by atoms with Crippen molar-refractivity contribution in [2.75, 3.05) is 13.1 Å². The normalized spacial score (nSPS) is 44.9. The van der Waals surface area contributed by atoms with Gasteiger partial charge in [0.25, 0.3) is 0 Å². The molecule has 1 aliphatic carbocycles. The number of fused-ring (bicyclic) bond motifs is 2. The van der Waals surface area contributed by atoms with Crippen LogP contribution in [-0.4, -0.2) is 13.1 Å². The van der Waals surface area contributed by atoms with Crippen LogP contribution in [0, 0.1) is 29.1 Å². The molecule has 1 saturated carbocycles. The van der Waals surface area contributed by atoms with Crippen molar-refractivity contribution >= 4 is 0 Å². The number of piperidine rings is 1. The fraction of sp³-hybridized carbons (Fsp3) is 0.875. The molecule has 2 nitrogen and oxygen atoms in total. The van der Waals surface area contributed by atoms with Crippen molar-refractivity contribution in [1.29, 1.82) is 5.26 Å². The molecule has 0 radical (unpaired) electrons. The van der Waals surface area contributed by atoms with Crippen molar-refractivity contribution in [2.45, 2.75) is 12.8 Å². The molecular formula is C8H12N2. The number of nitrogens with zero attached hydrogens (tertiary/aromatic N) is 1. The lowest BCUT2D eigenvalue weighted by atomic mass is 9.88. The van der Waals surface area contributed by atoms with Gasteiger partial charge < -0.3 is 5.32 Å². The molecule has 2 aliphatic rings. The van der Waals surface area contributed by atoms with E-state index < -0.39 is 0 Å². The number of nitriles is 1. The molecule has 0 aromatic carbocycles. The van der Waals surface area contributed by atoms with Gasteiger partial charge in [-0.15, -0.1) is 0 Å². The van der Waals surface area contributed by atoms with Gasteiger partial charge in [0, 0.05) is 0 Å². The zero-order valence-corrected chi connectivity index (χ0v) is 6.01. The molecular weight excluding hydrogens is 124 g/mol. The first-order valence-electron chi connectivity index (χ1n) is 4.02. The molecule has 0 aromatic heterocycles. The van der Waals surface area contributed by atoms with Gasteiger partial charge >= 0.3 is 0 Å². The first-order chi connectivity index (χ1) is 4.92. The van der Waals surface area contributed by atoms with Crippen LogP contribution in [-0.2, 0) is 0 Å². The van der Waals surface area contributed by atoms with Crippen molar-refractivity contribution in [3.8, 4) is 6.07 Å². The van der Waals surface area contributed by atoms with E-state index in [0.29, 0.717) is 17.8 Å². The van der Waals surface area contributed by atoms with Crippen LogP contribution in [0.5, 0.6) is 0 Å². The summed E-state index contributed by atoms with van der Waals surface area (Å²) in [5, 5.41) is 12.2. The smallest absolute Gasteiger partial charge is 0.0662 e. The minimum Gasteiger partial charge on any atom is -0.316 e. The lowest BCUT2D eigenvalue weighted by molar-refractivity contribution is 0.305. The van der Waals surface area contributed by atoms with Crippen molar-refractivity contribution in [3.05, 3.63) is 0 Å². The molecule has 0 spiro atoms. The second-order valence-corrected chi connectivity index (χ2v) is 3.41. The number of rotatable bonds is 0. The average Bonchev–Trinajstić information content (AvgIpc) is 2.19. The fourth-order valence-electron chi connectivity index (χ4n) is 2.30. The highest BCUT2D eigenvalue weighted by molar-refractivity contribution is 5.01. The van der Waals surface area contributed by atoms with Crippen LogP contribution in [0.2, 0.25) is 0 Å². The second-order valence-electron chi connectivity index (χ2n) is 3.41. The Labute approximate surface area is 61.2 Å². The Balaban J connectivity index is 2.15. The maximum absolute atomic E-state index is 8.79. The van der Waals surface area contributed by atoms with E-state index in [1.54, 1.807) is 0 Å². The van der Waals surface area contributed by atoms with Crippen LogP contribution in [0.4, 0.5) is 0 Å². The third-order valence-corrected chi connectivity index (χ3v) is 2.89. The summed E-state index contributed by atoms with van der Waals surface area (Å²) < 4.78 is 0. The van der Waals surface area contributed by atoms with Crippen LogP contribution in [0.25, 0.3) is 0 Å². The molecule has 2 heteroatoms. The van der Waals surface area contributed by atoms with Gasteiger partial charge in [0.1, 0.15) is 0 Å². The molecule has 1 aliphatic heterocycles. The lowest BCUT2D eigenvalue weighted by Crippen LogP contribution is -2.37. The van der Waals surface area contributed by atoms with Crippen LogP contribution < -0.4 is 5.32 Å². The zero-order valence-electron chi connectivity index (χ0n) is 6.01.